The fraction of sp³-hybridized carbons (Fsp3) is 1.00. The second-order valence-corrected chi connectivity index (χ2v) is 4.38. The van der Waals surface area contributed by atoms with Crippen LogP contribution in [0.15, 0.2) is 0 Å². The Hall–Kier alpha value is -0.0800. The summed E-state index contributed by atoms with van der Waals surface area (Å²) in [5, 5.41) is 3.47. The molecule has 1 saturated carbocycles. The molecule has 2 atom stereocenters. The highest BCUT2D eigenvalue weighted by atomic mass is 15.0. The minimum absolute atomic E-state index is 0.0547. The van der Waals surface area contributed by atoms with Crippen LogP contribution < -0.4 is 11.1 Å². The molecule has 0 saturated heterocycles. The maximum absolute atomic E-state index is 5.84. The summed E-state index contributed by atoms with van der Waals surface area (Å²) in [7, 11) is 0. The molecule has 3 N–H and O–H groups in total. The van der Waals surface area contributed by atoms with Gasteiger partial charge in [-0.15, -0.1) is 0 Å². The van der Waals surface area contributed by atoms with Gasteiger partial charge in [0.2, 0.25) is 0 Å². The van der Waals surface area contributed by atoms with Crippen LogP contribution in [0.4, 0.5) is 0 Å². The third-order valence-corrected chi connectivity index (χ3v) is 2.27. The summed E-state index contributed by atoms with van der Waals surface area (Å²) in [6, 6.07) is 0.767. The Morgan fingerprint density at radius 1 is 1.55 bits per heavy atom. The maximum atomic E-state index is 5.84. The van der Waals surface area contributed by atoms with Crippen LogP contribution in [0.1, 0.15) is 33.6 Å². The highest BCUT2D eigenvalue weighted by molar-refractivity contribution is 4.93. The van der Waals surface area contributed by atoms with Crippen LogP contribution in [0.25, 0.3) is 0 Å². The Balaban J connectivity index is 2.06. The van der Waals surface area contributed by atoms with E-state index in [1.54, 1.807) is 0 Å². The summed E-state index contributed by atoms with van der Waals surface area (Å²) in [6.45, 7) is 7.31. The smallest absolute Gasteiger partial charge is 0.0223 e. The quantitative estimate of drug-likeness (QED) is 0.640. The minimum Gasteiger partial charge on any atom is -0.324 e. The van der Waals surface area contributed by atoms with Gasteiger partial charge >= 0.3 is 0 Å². The molecule has 0 amide bonds. The highest BCUT2D eigenvalue weighted by Crippen LogP contribution is 2.33. The van der Waals surface area contributed by atoms with Crippen molar-refractivity contribution in [3.05, 3.63) is 0 Å². The molecular weight excluding hydrogens is 136 g/mol. The largest absolute Gasteiger partial charge is 0.324 e. The van der Waals surface area contributed by atoms with Crippen molar-refractivity contribution in [3.8, 4) is 0 Å². The molecule has 1 aliphatic rings. The van der Waals surface area contributed by atoms with Gasteiger partial charge in [-0.25, -0.2) is 0 Å². The van der Waals surface area contributed by atoms with E-state index in [4.69, 9.17) is 5.73 Å². The van der Waals surface area contributed by atoms with E-state index in [9.17, 15) is 0 Å². The summed E-state index contributed by atoms with van der Waals surface area (Å²) >= 11 is 0. The van der Waals surface area contributed by atoms with Crippen molar-refractivity contribution in [3.63, 3.8) is 0 Å². The Bertz CT molecular complexity index is 126. The first kappa shape index (κ1) is 9.01. The minimum atomic E-state index is -0.0547. The SMILES string of the molecule is CCC1CC1NCC(C)(C)N. The van der Waals surface area contributed by atoms with Crippen LogP contribution in [0.2, 0.25) is 0 Å². The van der Waals surface area contributed by atoms with Gasteiger partial charge in [-0.1, -0.05) is 13.3 Å². The summed E-state index contributed by atoms with van der Waals surface area (Å²) in [5.41, 5.74) is 5.78. The van der Waals surface area contributed by atoms with Gasteiger partial charge in [-0.2, -0.15) is 0 Å². The van der Waals surface area contributed by atoms with Crippen LogP contribution in [0, 0.1) is 5.92 Å². The van der Waals surface area contributed by atoms with E-state index in [0.717, 1.165) is 18.5 Å². The molecule has 1 aliphatic carbocycles. The molecule has 66 valence electrons. The average Bonchev–Trinajstić information content (AvgIpc) is 2.60. The molecule has 1 rings (SSSR count). The monoisotopic (exact) mass is 156 g/mol. The lowest BCUT2D eigenvalue weighted by atomic mass is 10.1. The van der Waals surface area contributed by atoms with Crippen molar-refractivity contribution in [2.75, 3.05) is 6.54 Å². The van der Waals surface area contributed by atoms with Gasteiger partial charge in [0.25, 0.3) is 0 Å². The molecule has 0 heterocycles. The van der Waals surface area contributed by atoms with E-state index >= 15 is 0 Å². The molecule has 0 aromatic carbocycles. The molecule has 2 nitrogen and oxygen atoms in total. The van der Waals surface area contributed by atoms with Gasteiger partial charge in [0.05, 0.1) is 0 Å². The van der Waals surface area contributed by atoms with E-state index < -0.39 is 0 Å². The number of nitrogens with one attached hydrogen (secondary N) is 1. The van der Waals surface area contributed by atoms with E-state index in [-0.39, 0.29) is 5.54 Å². The van der Waals surface area contributed by atoms with Crippen LogP contribution in [-0.4, -0.2) is 18.1 Å². The van der Waals surface area contributed by atoms with Crippen molar-refractivity contribution >= 4 is 0 Å². The first-order valence-corrected chi connectivity index (χ1v) is 4.55. The summed E-state index contributed by atoms with van der Waals surface area (Å²) in [5.74, 6) is 0.928. The topological polar surface area (TPSA) is 38.0 Å². The first-order valence-electron chi connectivity index (χ1n) is 4.55. The molecule has 11 heavy (non-hydrogen) atoms. The lowest BCUT2D eigenvalue weighted by molar-refractivity contribution is 0.456. The molecule has 1 fully saturated rings. The lowest BCUT2D eigenvalue weighted by Crippen LogP contribution is -2.44. The number of rotatable bonds is 4. The maximum Gasteiger partial charge on any atom is 0.0223 e. The molecule has 0 aromatic rings. The average molecular weight is 156 g/mol. The molecule has 0 aromatic heterocycles. The third kappa shape index (κ3) is 3.21. The molecular formula is C9H20N2. The first-order chi connectivity index (χ1) is 5.03. The van der Waals surface area contributed by atoms with Crippen molar-refractivity contribution in [1.82, 2.24) is 5.32 Å². The zero-order valence-electron chi connectivity index (χ0n) is 7.85. The third-order valence-electron chi connectivity index (χ3n) is 2.27. The lowest BCUT2D eigenvalue weighted by Gasteiger charge is -2.18. The Morgan fingerprint density at radius 3 is 2.55 bits per heavy atom. The Kier molecular flexibility index (Phi) is 2.55. The molecule has 0 radical (unpaired) electrons. The van der Waals surface area contributed by atoms with E-state index in [1.165, 1.54) is 12.8 Å². The Morgan fingerprint density at radius 2 is 2.18 bits per heavy atom. The highest BCUT2D eigenvalue weighted by Gasteiger charge is 2.35. The van der Waals surface area contributed by atoms with Gasteiger partial charge in [0.1, 0.15) is 0 Å². The normalized spacial score (nSPS) is 30.5. The summed E-state index contributed by atoms with van der Waals surface area (Å²) in [4.78, 5) is 0. The molecule has 2 unspecified atom stereocenters. The molecule has 0 aliphatic heterocycles. The van der Waals surface area contributed by atoms with Gasteiger partial charge in [-0.05, 0) is 26.2 Å². The predicted octanol–water partition coefficient (Wildman–Crippen LogP) is 1.11. The van der Waals surface area contributed by atoms with Crippen LogP contribution >= 0.6 is 0 Å². The van der Waals surface area contributed by atoms with E-state index in [2.05, 4.69) is 26.1 Å². The summed E-state index contributed by atoms with van der Waals surface area (Å²) < 4.78 is 0. The Labute approximate surface area is 69.5 Å². The fourth-order valence-electron chi connectivity index (χ4n) is 1.34. The number of hydrogen-bond donors (Lipinski definition) is 2. The fourth-order valence-corrected chi connectivity index (χ4v) is 1.34. The zero-order chi connectivity index (χ0) is 8.48. The predicted molar refractivity (Wildman–Crippen MR) is 48.5 cm³/mol. The van der Waals surface area contributed by atoms with Gasteiger partial charge in [0.15, 0.2) is 0 Å². The number of nitrogens with two attached hydrogens (primary N) is 1. The van der Waals surface area contributed by atoms with Crippen molar-refractivity contribution in [2.45, 2.75) is 45.2 Å². The van der Waals surface area contributed by atoms with Crippen LogP contribution in [-0.2, 0) is 0 Å². The van der Waals surface area contributed by atoms with Crippen LogP contribution in [0.5, 0.6) is 0 Å². The second-order valence-electron chi connectivity index (χ2n) is 4.38. The van der Waals surface area contributed by atoms with Gasteiger partial charge < -0.3 is 11.1 Å². The standard InChI is InChI=1S/C9H20N2/c1-4-7-5-8(7)11-6-9(2,3)10/h7-8,11H,4-6,10H2,1-3H3. The van der Waals surface area contributed by atoms with Crippen molar-refractivity contribution in [2.24, 2.45) is 11.7 Å². The van der Waals surface area contributed by atoms with E-state index in [1.807, 2.05) is 0 Å². The van der Waals surface area contributed by atoms with Crippen molar-refractivity contribution in [1.29, 1.82) is 0 Å². The second kappa shape index (κ2) is 3.11. The van der Waals surface area contributed by atoms with Crippen LogP contribution in [0.3, 0.4) is 0 Å². The molecule has 0 bridgehead atoms. The van der Waals surface area contributed by atoms with Gasteiger partial charge in [-0.3, -0.25) is 0 Å². The molecule has 2 heteroatoms. The summed E-state index contributed by atoms with van der Waals surface area (Å²) in [6.07, 6.45) is 2.66. The number of hydrogen-bond acceptors (Lipinski definition) is 2. The molecule has 0 spiro atoms. The zero-order valence-corrected chi connectivity index (χ0v) is 7.85. The van der Waals surface area contributed by atoms with E-state index in [0.29, 0.717) is 0 Å². The van der Waals surface area contributed by atoms with Gasteiger partial charge in [0, 0.05) is 18.1 Å². The van der Waals surface area contributed by atoms with Crippen molar-refractivity contribution < 1.29 is 0 Å².